The lowest BCUT2D eigenvalue weighted by Crippen LogP contribution is -2.49. The van der Waals surface area contributed by atoms with Crippen molar-refractivity contribution in [1.29, 1.82) is 0 Å². The normalized spacial score (nSPS) is 22.9. The van der Waals surface area contributed by atoms with Crippen molar-refractivity contribution in [1.82, 2.24) is 10.2 Å². The highest BCUT2D eigenvalue weighted by molar-refractivity contribution is 7.14. The Labute approximate surface area is 116 Å². The van der Waals surface area contributed by atoms with Crippen molar-refractivity contribution in [2.75, 3.05) is 19.6 Å². The van der Waals surface area contributed by atoms with Crippen molar-refractivity contribution in [3.05, 3.63) is 21.4 Å². The van der Waals surface area contributed by atoms with Crippen LogP contribution < -0.4 is 5.32 Å². The van der Waals surface area contributed by atoms with E-state index in [-0.39, 0.29) is 18.4 Å². The molecule has 1 aliphatic heterocycles. The van der Waals surface area contributed by atoms with Crippen LogP contribution in [0.25, 0.3) is 0 Å². The summed E-state index contributed by atoms with van der Waals surface area (Å²) in [5.74, 6) is 0.669. The van der Waals surface area contributed by atoms with Gasteiger partial charge in [-0.2, -0.15) is 0 Å². The van der Waals surface area contributed by atoms with Crippen molar-refractivity contribution in [2.45, 2.75) is 26.2 Å². The van der Waals surface area contributed by atoms with E-state index in [2.05, 4.69) is 12.2 Å². The molecule has 0 saturated carbocycles. The molecule has 1 aromatic heterocycles. The van der Waals surface area contributed by atoms with Gasteiger partial charge in [0.15, 0.2) is 0 Å². The molecule has 4 nitrogen and oxygen atoms in total. The van der Waals surface area contributed by atoms with E-state index in [9.17, 15) is 9.59 Å². The molecule has 1 fully saturated rings. The minimum Gasteiger partial charge on any atom is -0.353 e. The van der Waals surface area contributed by atoms with Crippen molar-refractivity contribution in [3.8, 4) is 0 Å². The number of rotatable bonds is 1. The van der Waals surface area contributed by atoms with E-state index in [4.69, 9.17) is 0 Å². The van der Waals surface area contributed by atoms with E-state index < -0.39 is 0 Å². The molecule has 0 bridgehead atoms. The average molecular weight is 278 g/mol. The fourth-order valence-electron chi connectivity index (χ4n) is 2.78. The number of piperazine rings is 1. The number of carbonyl (C=O) groups is 2. The molecular formula is C14H18N2O2S. The molecule has 2 heterocycles. The van der Waals surface area contributed by atoms with Crippen LogP contribution in [-0.2, 0) is 17.6 Å². The summed E-state index contributed by atoms with van der Waals surface area (Å²) in [4.78, 5) is 27.6. The molecule has 1 saturated heterocycles. The van der Waals surface area contributed by atoms with Gasteiger partial charge in [0.2, 0.25) is 5.91 Å². The second kappa shape index (κ2) is 4.96. The van der Waals surface area contributed by atoms with Crippen LogP contribution in [0.1, 0.15) is 33.5 Å². The molecule has 1 aliphatic carbocycles. The fourth-order valence-corrected chi connectivity index (χ4v) is 3.96. The standard InChI is InChI=1S/C14H18N2O2S/c1-9-2-3-11-10(6-9)7-12(19-11)14(18)16-5-4-15-13(17)8-16/h7,9H,2-6,8H2,1H3,(H,15,17). The highest BCUT2D eigenvalue weighted by Crippen LogP contribution is 2.32. The van der Waals surface area contributed by atoms with E-state index in [1.807, 2.05) is 6.07 Å². The van der Waals surface area contributed by atoms with Gasteiger partial charge in [0, 0.05) is 18.0 Å². The topological polar surface area (TPSA) is 49.4 Å². The number of hydrogen-bond donors (Lipinski definition) is 1. The Morgan fingerprint density at radius 1 is 1.53 bits per heavy atom. The van der Waals surface area contributed by atoms with Gasteiger partial charge in [-0.15, -0.1) is 11.3 Å². The number of aryl methyl sites for hydroxylation is 1. The number of fused-ring (bicyclic) bond motifs is 1. The van der Waals surface area contributed by atoms with E-state index >= 15 is 0 Å². The van der Waals surface area contributed by atoms with Crippen LogP contribution in [0, 0.1) is 5.92 Å². The van der Waals surface area contributed by atoms with Gasteiger partial charge in [-0.05, 0) is 36.8 Å². The molecule has 1 atom stereocenters. The summed E-state index contributed by atoms with van der Waals surface area (Å²) >= 11 is 1.62. The van der Waals surface area contributed by atoms with Gasteiger partial charge in [0.1, 0.15) is 0 Å². The zero-order chi connectivity index (χ0) is 13.4. The van der Waals surface area contributed by atoms with Gasteiger partial charge in [-0.25, -0.2) is 0 Å². The summed E-state index contributed by atoms with van der Waals surface area (Å²) in [6, 6.07) is 2.05. The Morgan fingerprint density at radius 2 is 2.37 bits per heavy atom. The van der Waals surface area contributed by atoms with Gasteiger partial charge in [0.05, 0.1) is 11.4 Å². The third-order valence-electron chi connectivity index (χ3n) is 3.87. The Hall–Kier alpha value is -1.36. The summed E-state index contributed by atoms with van der Waals surface area (Å²) in [5, 5.41) is 2.74. The van der Waals surface area contributed by atoms with E-state index in [0.717, 1.165) is 17.7 Å². The lowest BCUT2D eigenvalue weighted by molar-refractivity contribution is -0.123. The third kappa shape index (κ3) is 2.52. The quantitative estimate of drug-likeness (QED) is 0.845. The molecule has 1 unspecified atom stereocenters. The number of carbonyl (C=O) groups excluding carboxylic acids is 2. The van der Waals surface area contributed by atoms with E-state index in [1.165, 1.54) is 16.9 Å². The predicted octanol–water partition coefficient (Wildman–Crippen LogP) is 1.44. The minimum absolute atomic E-state index is 0.0157. The summed E-state index contributed by atoms with van der Waals surface area (Å²) in [6.45, 7) is 3.63. The van der Waals surface area contributed by atoms with Gasteiger partial charge in [-0.1, -0.05) is 6.92 Å². The third-order valence-corrected chi connectivity index (χ3v) is 5.09. The maximum absolute atomic E-state index is 12.4. The Morgan fingerprint density at radius 3 is 3.16 bits per heavy atom. The first-order valence-electron chi connectivity index (χ1n) is 6.81. The Balaban J connectivity index is 1.78. The fraction of sp³-hybridized carbons (Fsp3) is 0.571. The van der Waals surface area contributed by atoms with E-state index in [0.29, 0.717) is 19.0 Å². The van der Waals surface area contributed by atoms with Gasteiger partial charge in [0.25, 0.3) is 5.91 Å². The molecule has 0 spiro atoms. The second-order valence-electron chi connectivity index (χ2n) is 5.48. The first kappa shape index (κ1) is 12.7. The Kier molecular flexibility index (Phi) is 3.31. The van der Waals surface area contributed by atoms with Crippen LogP contribution >= 0.6 is 11.3 Å². The second-order valence-corrected chi connectivity index (χ2v) is 6.62. The monoisotopic (exact) mass is 278 g/mol. The molecule has 5 heteroatoms. The van der Waals surface area contributed by atoms with Crippen LogP contribution in [0.3, 0.4) is 0 Å². The van der Waals surface area contributed by atoms with Crippen LogP contribution in [0.2, 0.25) is 0 Å². The van der Waals surface area contributed by atoms with Crippen LogP contribution in [0.5, 0.6) is 0 Å². The molecule has 1 N–H and O–H groups in total. The first-order chi connectivity index (χ1) is 9.13. The van der Waals surface area contributed by atoms with Gasteiger partial charge < -0.3 is 10.2 Å². The zero-order valence-corrected chi connectivity index (χ0v) is 11.9. The molecular weight excluding hydrogens is 260 g/mol. The van der Waals surface area contributed by atoms with Crippen LogP contribution in [-0.4, -0.2) is 36.3 Å². The molecule has 0 radical (unpaired) electrons. The predicted molar refractivity (Wildman–Crippen MR) is 74.4 cm³/mol. The number of amides is 2. The van der Waals surface area contributed by atoms with Crippen molar-refractivity contribution in [2.24, 2.45) is 5.92 Å². The van der Waals surface area contributed by atoms with E-state index in [1.54, 1.807) is 16.2 Å². The van der Waals surface area contributed by atoms with Crippen LogP contribution in [0.4, 0.5) is 0 Å². The highest BCUT2D eigenvalue weighted by Gasteiger charge is 2.26. The molecule has 2 aliphatic rings. The minimum atomic E-state index is -0.0606. The Bertz CT molecular complexity index is 524. The number of thiophene rings is 1. The molecule has 0 aromatic carbocycles. The molecule has 1 aromatic rings. The SMILES string of the molecule is CC1CCc2sc(C(=O)N3CCNC(=O)C3)cc2C1. The number of nitrogens with zero attached hydrogens (tertiary/aromatic N) is 1. The van der Waals surface area contributed by atoms with Crippen LogP contribution in [0.15, 0.2) is 6.07 Å². The number of nitrogens with one attached hydrogen (secondary N) is 1. The molecule has 19 heavy (non-hydrogen) atoms. The van der Waals surface area contributed by atoms with Gasteiger partial charge >= 0.3 is 0 Å². The molecule has 3 rings (SSSR count). The zero-order valence-electron chi connectivity index (χ0n) is 11.1. The summed E-state index contributed by atoms with van der Waals surface area (Å²) < 4.78 is 0. The summed E-state index contributed by atoms with van der Waals surface area (Å²) in [7, 11) is 0. The van der Waals surface area contributed by atoms with Gasteiger partial charge in [-0.3, -0.25) is 9.59 Å². The largest absolute Gasteiger partial charge is 0.353 e. The summed E-state index contributed by atoms with van der Waals surface area (Å²) in [5.41, 5.74) is 1.34. The van der Waals surface area contributed by atoms with Crippen molar-refractivity contribution < 1.29 is 9.59 Å². The summed E-state index contributed by atoms with van der Waals surface area (Å²) in [6.07, 6.45) is 3.39. The maximum Gasteiger partial charge on any atom is 0.264 e. The molecule has 102 valence electrons. The molecule has 2 amide bonds. The van der Waals surface area contributed by atoms with Crippen molar-refractivity contribution >= 4 is 23.2 Å². The highest BCUT2D eigenvalue weighted by atomic mass is 32.1. The average Bonchev–Trinajstić information content (AvgIpc) is 2.80. The number of hydrogen-bond acceptors (Lipinski definition) is 3. The lowest BCUT2D eigenvalue weighted by atomic mass is 9.90. The lowest BCUT2D eigenvalue weighted by Gasteiger charge is -2.26. The maximum atomic E-state index is 12.4. The first-order valence-corrected chi connectivity index (χ1v) is 7.62. The van der Waals surface area contributed by atoms with Crippen molar-refractivity contribution in [3.63, 3.8) is 0 Å². The smallest absolute Gasteiger partial charge is 0.264 e.